The zero-order valence-electron chi connectivity index (χ0n) is 11.4. The van der Waals surface area contributed by atoms with Crippen LogP contribution in [0.25, 0.3) is 0 Å². The van der Waals surface area contributed by atoms with Gasteiger partial charge in [0.1, 0.15) is 0 Å². The van der Waals surface area contributed by atoms with Gasteiger partial charge in [-0.2, -0.15) is 22.7 Å². The summed E-state index contributed by atoms with van der Waals surface area (Å²) in [6, 6.07) is 0. The number of thioether (sulfide) groups is 2. The minimum absolute atomic E-state index is 0.813. The molecule has 21 heavy (non-hydrogen) atoms. The van der Waals surface area contributed by atoms with Crippen molar-refractivity contribution in [1.82, 2.24) is 0 Å². The van der Waals surface area contributed by atoms with Crippen LogP contribution in [0.3, 0.4) is 0 Å². The predicted octanol–water partition coefficient (Wildman–Crippen LogP) is 3.89. The lowest BCUT2D eigenvalue weighted by Crippen LogP contribution is -1.76. The molecule has 0 bridgehead atoms. The van der Waals surface area contributed by atoms with E-state index in [0.717, 1.165) is 27.2 Å². The number of nitrogens with zero attached hydrogens (tertiary/aromatic N) is 1. The van der Waals surface area contributed by atoms with E-state index >= 15 is 0 Å². The van der Waals surface area contributed by atoms with Crippen LogP contribution in [0.15, 0.2) is 36.5 Å². The fourth-order valence-corrected chi connectivity index (χ4v) is 4.43. The van der Waals surface area contributed by atoms with Crippen LogP contribution in [0.5, 0.6) is 0 Å². The largest absolute Gasteiger partial charge is 0.411 e. The van der Waals surface area contributed by atoms with Crippen molar-refractivity contribution in [1.29, 1.82) is 0 Å². The smallest absolute Gasteiger partial charge is 0.152 e. The summed E-state index contributed by atoms with van der Waals surface area (Å²) in [6.45, 7) is 0. The first-order valence-electron chi connectivity index (χ1n) is 5.35. The highest BCUT2D eigenvalue weighted by Gasteiger charge is 1.98. The lowest BCUT2D eigenvalue weighted by Gasteiger charge is -1.89. The van der Waals surface area contributed by atoms with Gasteiger partial charge in [-0.3, -0.25) is 4.79 Å². The molecule has 0 aliphatic rings. The molecule has 0 aromatic carbocycles. The van der Waals surface area contributed by atoms with Gasteiger partial charge in [0.05, 0.1) is 6.21 Å². The first-order valence-corrected chi connectivity index (χ1v) is 9.69. The number of carbonyl (C=O) groups excluding carboxylic acids is 1. The molecule has 0 unspecified atom stereocenters. The van der Waals surface area contributed by atoms with Gasteiger partial charge in [-0.25, -0.2) is 5.90 Å². The summed E-state index contributed by atoms with van der Waals surface area (Å²) >= 11 is 6.43. The third-order valence-corrected chi connectivity index (χ3v) is 5.48. The van der Waals surface area contributed by atoms with Gasteiger partial charge in [0.25, 0.3) is 0 Å². The highest BCUT2D eigenvalue weighted by Crippen LogP contribution is 2.23. The summed E-state index contributed by atoms with van der Waals surface area (Å²) in [6.07, 6.45) is 6.30. The Kier molecular flexibility index (Phi) is 12.4. The van der Waals surface area contributed by atoms with Crippen molar-refractivity contribution in [2.75, 3.05) is 12.5 Å². The van der Waals surface area contributed by atoms with Crippen molar-refractivity contribution < 1.29 is 15.2 Å². The van der Waals surface area contributed by atoms with Crippen molar-refractivity contribution in [3.63, 3.8) is 0 Å². The molecule has 0 saturated heterocycles. The standard InChI is InChI=1S/C6H7NOS2.C6H6OS2.H3NO/c1-9-6-4-10-3-5(6)2-7-8;1-8-6-4-9-3-5(6)2-7;1-2/h2-4,8H,1H3;2-4H,1H3;2H,1H2/b7-2-;;. The van der Waals surface area contributed by atoms with Gasteiger partial charge in [0.15, 0.2) is 6.29 Å². The molecule has 4 N–H and O–H groups in total. The highest BCUT2D eigenvalue weighted by molar-refractivity contribution is 7.99. The Morgan fingerprint density at radius 2 is 1.52 bits per heavy atom. The van der Waals surface area contributed by atoms with Gasteiger partial charge in [-0.1, -0.05) is 5.16 Å². The van der Waals surface area contributed by atoms with Crippen LogP contribution in [0.1, 0.15) is 15.9 Å². The highest BCUT2D eigenvalue weighted by atomic mass is 32.2. The molecule has 2 rings (SSSR count). The summed E-state index contributed by atoms with van der Waals surface area (Å²) < 4.78 is 0. The molecule has 0 fully saturated rings. The van der Waals surface area contributed by atoms with Crippen molar-refractivity contribution in [2.45, 2.75) is 9.79 Å². The van der Waals surface area contributed by atoms with E-state index in [4.69, 9.17) is 10.4 Å². The molecular weight excluding hydrogens is 348 g/mol. The molecule has 5 nitrogen and oxygen atoms in total. The lowest BCUT2D eigenvalue weighted by atomic mass is 10.4. The number of hydrogen-bond donors (Lipinski definition) is 3. The zero-order chi connectivity index (χ0) is 16.1. The Hall–Kier alpha value is -0.840. The number of carbonyl (C=O) groups is 1. The Balaban J connectivity index is 0.000000342. The second-order valence-electron chi connectivity index (χ2n) is 3.15. The summed E-state index contributed by atoms with van der Waals surface area (Å²) in [5.41, 5.74) is 1.80. The summed E-state index contributed by atoms with van der Waals surface area (Å²) in [4.78, 5) is 12.5. The molecule has 0 radical (unpaired) electrons. The van der Waals surface area contributed by atoms with E-state index in [9.17, 15) is 4.79 Å². The van der Waals surface area contributed by atoms with E-state index < -0.39 is 0 Å². The minimum Gasteiger partial charge on any atom is -0.411 e. The van der Waals surface area contributed by atoms with Gasteiger partial charge >= 0.3 is 0 Å². The summed E-state index contributed by atoms with van der Waals surface area (Å²) in [5.74, 6) is 3.50. The monoisotopic (exact) mass is 364 g/mol. The van der Waals surface area contributed by atoms with Gasteiger partial charge < -0.3 is 10.4 Å². The van der Waals surface area contributed by atoms with E-state index in [2.05, 4.69) is 11.1 Å². The second kappa shape index (κ2) is 12.9. The average molecular weight is 365 g/mol. The van der Waals surface area contributed by atoms with E-state index in [1.807, 2.05) is 34.0 Å². The van der Waals surface area contributed by atoms with Gasteiger partial charge in [-0.15, -0.1) is 23.5 Å². The molecule has 2 aromatic rings. The fraction of sp³-hybridized carbons (Fsp3) is 0.167. The van der Waals surface area contributed by atoms with Crippen LogP contribution in [0.4, 0.5) is 0 Å². The molecule has 0 aliphatic carbocycles. The van der Waals surface area contributed by atoms with E-state index in [0.29, 0.717) is 0 Å². The van der Waals surface area contributed by atoms with Crippen LogP contribution in [0, 0.1) is 0 Å². The Bertz CT molecular complexity index is 540. The third kappa shape index (κ3) is 7.11. The maximum absolute atomic E-state index is 10.2. The van der Waals surface area contributed by atoms with Gasteiger partial charge in [0, 0.05) is 42.4 Å². The molecule has 0 spiro atoms. The van der Waals surface area contributed by atoms with Crippen LogP contribution in [0.2, 0.25) is 0 Å². The van der Waals surface area contributed by atoms with Crippen LogP contribution < -0.4 is 5.90 Å². The van der Waals surface area contributed by atoms with Crippen molar-refractivity contribution in [3.05, 3.63) is 32.6 Å². The molecular formula is C12H16N2O3S4. The molecule has 0 amide bonds. The number of oxime groups is 1. The van der Waals surface area contributed by atoms with Crippen LogP contribution in [-0.4, -0.2) is 35.4 Å². The second-order valence-corrected chi connectivity index (χ2v) is 6.34. The number of thiophene rings is 2. The zero-order valence-corrected chi connectivity index (χ0v) is 14.7. The molecule has 116 valence electrons. The van der Waals surface area contributed by atoms with Crippen LogP contribution >= 0.6 is 46.2 Å². The third-order valence-electron chi connectivity index (χ3n) is 2.07. The summed E-state index contributed by atoms with van der Waals surface area (Å²) in [5, 5.41) is 25.5. The number of nitrogens with two attached hydrogens (primary N) is 1. The SMILES string of the molecule is CSc1cscc1/C=N\O.CSc1cscc1C=O.NO. The lowest BCUT2D eigenvalue weighted by molar-refractivity contribution is 0.112. The van der Waals surface area contributed by atoms with E-state index in [-0.39, 0.29) is 0 Å². The first-order chi connectivity index (χ1) is 10.3. The first kappa shape index (κ1) is 20.2. The Morgan fingerprint density at radius 1 is 1.05 bits per heavy atom. The molecule has 0 saturated carbocycles. The average Bonchev–Trinajstić information content (AvgIpc) is 3.18. The maximum atomic E-state index is 10.2. The van der Waals surface area contributed by atoms with E-state index in [1.165, 1.54) is 6.21 Å². The number of rotatable bonds is 4. The Morgan fingerprint density at radius 3 is 1.90 bits per heavy atom. The number of aldehydes is 1. The number of hydrogen-bond acceptors (Lipinski definition) is 9. The molecule has 2 heterocycles. The molecule has 9 heteroatoms. The molecule has 0 aliphatic heterocycles. The van der Waals surface area contributed by atoms with Crippen LogP contribution in [-0.2, 0) is 0 Å². The molecule has 2 aromatic heterocycles. The van der Waals surface area contributed by atoms with Gasteiger partial charge in [-0.05, 0) is 12.5 Å². The molecule has 0 atom stereocenters. The normalized spacial score (nSPS) is 9.52. The van der Waals surface area contributed by atoms with E-state index in [1.54, 1.807) is 46.2 Å². The Labute approximate surface area is 139 Å². The summed E-state index contributed by atoms with van der Waals surface area (Å²) in [7, 11) is 0. The fourth-order valence-electron chi connectivity index (χ4n) is 1.16. The maximum Gasteiger partial charge on any atom is 0.152 e. The van der Waals surface area contributed by atoms with Gasteiger partial charge in [0.2, 0.25) is 0 Å². The van der Waals surface area contributed by atoms with Crippen molar-refractivity contribution in [3.8, 4) is 0 Å². The minimum atomic E-state index is 0.813. The quantitative estimate of drug-likeness (QED) is 0.250. The topological polar surface area (TPSA) is 95.9 Å². The van der Waals surface area contributed by atoms with Crippen molar-refractivity contribution >= 4 is 58.7 Å². The predicted molar refractivity (Wildman–Crippen MR) is 92.9 cm³/mol. The van der Waals surface area contributed by atoms with Crippen molar-refractivity contribution in [2.24, 2.45) is 11.1 Å².